The summed E-state index contributed by atoms with van der Waals surface area (Å²) in [4.78, 5) is 2.48. The van der Waals surface area contributed by atoms with Crippen molar-refractivity contribution in [3.63, 3.8) is 0 Å². The summed E-state index contributed by atoms with van der Waals surface area (Å²) < 4.78 is 5.80. The lowest BCUT2D eigenvalue weighted by molar-refractivity contribution is 0.157. The van der Waals surface area contributed by atoms with E-state index >= 15 is 0 Å². The molecule has 2 rings (SSSR count). The van der Waals surface area contributed by atoms with E-state index in [1.807, 2.05) is 0 Å². The minimum atomic E-state index is 0.735. The van der Waals surface area contributed by atoms with Crippen molar-refractivity contribution < 1.29 is 4.74 Å². The van der Waals surface area contributed by atoms with Gasteiger partial charge in [-0.3, -0.25) is 4.90 Å². The van der Waals surface area contributed by atoms with E-state index in [1.165, 1.54) is 31.5 Å². The predicted molar refractivity (Wildman–Crippen MR) is 79.5 cm³/mol. The monoisotopic (exact) mass is 262 g/mol. The van der Waals surface area contributed by atoms with Crippen LogP contribution < -0.4 is 10.5 Å². The molecule has 0 radical (unpaired) electrons. The molecule has 0 bridgehead atoms. The van der Waals surface area contributed by atoms with Gasteiger partial charge in [0.2, 0.25) is 0 Å². The Balaban J connectivity index is 1.66. The average Bonchev–Trinajstić information content (AvgIpc) is 2.49. The van der Waals surface area contributed by atoms with Crippen LogP contribution >= 0.6 is 0 Å². The van der Waals surface area contributed by atoms with E-state index in [0.29, 0.717) is 0 Å². The maximum Gasteiger partial charge on any atom is 0.119 e. The summed E-state index contributed by atoms with van der Waals surface area (Å²) in [5.41, 5.74) is 7.06. The van der Waals surface area contributed by atoms with Gasteiger partial charge in [0.1, 0.15) is 12.4 Å². The molecule has 0 amide bonds. The van der Waals surface area contributed by atoms with Gasteiger partial charge < -0.3 is 10.5 Å². The molecule has 106 valence electrons. The third-order valence-corrected chi connectivity index (χ3v) is 4.05. The van der Waals surface area contributed by atoms with Crippen LogP contribution in [0.15, 0.2) is 24.3 Å². The summed E-state index contributed by atoms with van der Waals surface area (Å²) in [6, 6.07) is 8.42. The molecule has 3 heteroatoms. The molecule has 1 fully saturated rings. The normalized spacial score (nSPS) is 17.6. The van der Waals surface area contributed by atoms with Crippen LogP contribution in [0.25, 0.3) is 0 Å². The Labute approximate surface area is 116 Å². The number of piperidine rings is 1. The molecule has 3 nitrogen and oxygen atoms in total. The Morgan fingerprint density at radius 2 is 1.89 bits per heavy atom. The molecule has 0 atom stereocenters. The largest absolute Gasteiger partial charge is 0.492 e. The maximum absolute atomic E-state index is 5.80. The number of nitrogens with zero attached hydrogens (tertiary/aromatic N) is 1. The van der Waals surface area contributed by atoms with Crippen molar-refractivity contribution in [3.05, 3.63) is 29.8 Å². The number of nitrogens with two attached hydrogens (primary N) is 1. The van der Waals surface area contributed by atoms with Gasteiger partial charge >= 0.3 is 0 Å². The van der Waals surface area contributed by atoms with Gasteiger partial charge in [-0.15, -0.1) is 0 Å². The van der Waals surface area contributed by atoms with Crippen LogP contribution in [0.5, 0.6) is 5.75 Å². The molecule has 19 heavy (non-hydrogen) atoms. The topological polar surface area (TPSA) is 38.5 Å². The molecule has 0 spiro atoms. The van der Waals surface area contributed by atoms with Crippen molar-refractivity contribution in [2.24, 2.45) is 11.7 Å². The number of likely N-dealkylation sites (tertiary alicyclic amines) is 1. The van der Waals surface area contributed by atoms with Crippen LogP contribution in [0.1, 0.15) is 25.3 Å². The molecular formula is C16H26N2O. The molecule has 1 saturated heterocycles. The summed E-state index contributed by atoms with van der Waals surface area (Å²) in [7, 11) is 0. The van der Waals surface area contributed by atoms with Gasteiger partial charge in [0.25, 0.3) is 0 Å². The van der Waals surface area contributed by atoms with Gasteiger partial charge in [0, 0.05) is 6.54 Å². The third-order valence-electron chi connectivity index (χ3n) is 4.05. The molecule has 1 aromatic rings. The van der Waals surface area contributed by atoms with Crippen LogP contribution in [-0.4, -0.2) is 37.7 Å². The number of benzene rings is 1. The highest BCUT2D eigenvalue weighted by molar-refractivity contribution is 5.27. The predicted octanol–water partition coefficient (Wildman–Crippen LogP) is 2.30. The zero-order valence-corrected chi connectivity index (χ0v) is 12.0. The second-order valence-electron chi connectivity index (χ2n) is 5.37. The van der Waals surface area contributed by atoms with E-state index in [4.69, 9.17) is 10.5 Å². The summed E-state index contributed by atoms with van der Waals surface area (Å²) in [6.07, 6.45) is 3.56. The lowest BCUT2D eigenvalue weighted by Crippen LogP contribution is -2.38. The number of hydrogen-bond donors (Lipinski definition) is 1. The van der Waals surface area contributed by atoms with Crippen LogP contribution in [0.3, 0.4) is 0 Å². The Kier molecular flexibility index (Phi) is 5.67. The fourth-order valence-corrected chi connectivity index (χ4v) is 2.56. The minimum Gasteiger partial charge on any atom is -0.492 e. The minimum absolute atomic E-state index is 0.735. The second kappa shape index (κ2) is 7.51. The molecule has 2 N–H and O–H groups in total. The Morgan fingerprint density at radius 3 is 2.47 bits per heavy atom. The van der Waals surface area contributed by atoms with Crippen LogP contribution in [0.2, 0.25) is 0 Å². The smallest absolute Gasteiger partial charge is 0.119 e. The zero-order chi connectivity index (χ0) is 13.5. The molecule has 1 aromatic carbocycles. The Hall–Kier alpha value is -1.06. The van der Waals surface area contributed by atoms with Gasteiger partial charge in [-0.2, -0.15) is 0 Å². The number of rotatable bonds is 6. The molecule has 0 saturated carbocycles. The van der Waals surface area contributed by atoms with Crippen molar-refractivity contribution in [1.82, 2.24) is 4.90 Å². The summed E-state index contributed by atoms with van der Waals surface area (Å²) >= 11 is 0. The highest BCUT2D eigenvalue weighted by Crippen LogP contribution is 2.16. The van der Waals surface area contributed by atoms with Crippen molar-refractivity contribution in [2.75, 3.05) is 32.8 Å². The van der Waals surface area contributed by atoms with Crippen molar-refractivity contribution >= 4 is 0 Å². The molecule has 1 aliphatic rings. The highest BCUT2D eigenvalue weighted by atomic mass is 16.5. The first kappa shape index (κ1) is 14.4. The van der Waals surface area contributed by atoms with Crippen molar-refractivity contribution in [2.45, 2.75) is 26.2 Å². The molecule has 1 heterocycles. The van der Waals surface area contributed by atoms with E-state index in [2.05, 4.69) is 36.1 Å². The maximum atomic E-state index is 5.80. The van der Waals surface area contributed by atoms with Crippen LogP contribution in [-0.2, 0) is 6.42 Å². The molecule has 1 aliphatic heterocycles. The van der Waals surface area contributed by atoms with Gasteiger partial charge in [-0.05, 0) is 62.5 Å². The fraction of sp³-hybridized carbons (Fsp3) is 0.625. The zero-order valence-electron chi connectivity index (χ0n) is 12.0. The first-order chi connectivity index (χ1) is 9.31. The van der Waals surface area contributed by atoms with E-state index < -0.39 is 0 Å². The van der Waals surface area contributed by atoms with E-state index in [9.17, 15) is 0 Å². The number of aryl methyl sites for hydroxylation is 1. The van der Waals surface area contributed by atoms with E-state index in [0.717, 1.165) is 37.8 Å². The number of ether oxygens (including phenoxy) is 1. The molecule has 0 aromatic heterocycles. The van der Waals surface area contributed by atoms with Crippen LogP contribution in [0.4, 0.5) is 0 Å². The van der Waals surface area contributed by atoms with E-state index in [1.54, 1.807) is 0 Å². The van der Waals surface area contributed by atoms with Crippen LogP contribution in [0, 0.1) is 5.92 Å². The Morgan fingerprint density at radius 1 is 1.21 bits per heavy atom. The fourth-order valence-electron chi connectivity index (χ4n) is 2.56. The molecule has 0 aliphatic carbocycles. The first-order valence-corrected chi connectivity index (χ1v) is 7.46. The van der Waals surface area contributed by atoms with Crippen molar-refractivity contribution in [3.8, 4) is 5.75 Å². The summed E-state index contributed by atoms with van der Waals surface area (Å²) in [5, 5.41) is 0. The Bertz CT molecular complexity index is 356. The van der Waals surface area contributed by atoms with Gasteiger partial charge in [0.15, 0.2) is 0 Å². The van der Waals surface area contributed by atoms with Gasteiger partial charge in [0.05, 0.1) is 0 Å². The van der Waals surface area contributed by atoms with Crippen molar-refractivity contribution in [1.29, 1.82) is 0 Å². The quantitative estimate of drug-likeness (QED) is 0.855. The average molecular weight is 262 g/mol. The SMILES string of the molecule is CCc1ccc(OCCN2CCC(CN)CC2)cc1. The second-order valence-corrected chi connectivity index (χ2v) is 5.37. The highest BCUT2D eigenvalue weighted by Gasteiger charge is 2.17. The van der Waals surface area contributed by atoms with Gasteiger partial charge in [-0.1, -0.05) is 19.1 Å². The summed E-state index contributed by atoms with van der Waals surface area (Å²) in [5.74, 6) is 1.72. The first-order valence-electron chi connectivity index (χ1n) is 7.46. The van der Waals surface area contributed by atoms with Gasteiger partial charge in [-0.25, -0.2) is 0 Å². The lowest BCUT2D eigenvalue weighted by atomic mass is 9.97. The molecule has 0 unspecified atom stereocenters. The standard InChI is InChI=1S/C16H26N2O/c1-2-14-3-5-16(6-4-14)19-12-11-18-9-7-15(13-17)8-10-18/h3-6,15H,2,7-13,17H2,1H3. The third kappa shape index (κ3) is 4.51. The molecular weight excluding hydrogens is 236 g/mol. The van der Waals surface area contributed by atoms with E-state index in [-0.39, 0.29) is 0 Å². The summed E-state index contributed by atoms with van der Waals surface area (Å²) in [6.45, 7) is 7.14. The number of hydrogen-bond acceptors (Lipinski definition) is 3. The lowest BCUT2D eigenvalue weighted by Gasteiger charge is -2.31.